The van der Waals surface area contributed by atoms with Gasteiger partial charge in [0, 0.05) is 38.2 Å². The molecule has 1 aliphatic rings. The maximum Gasteiger partial charge on any atom is 0.254 e. The van der Waals surface area contributed by atoms with Gasteiger partial charge in [-0.1, -0.05) is 20.8 Å². The van der Waals surface area contributed by atoms with Crippen molar-refractivity contribution in [3.63, 3.8) is 0 Å². The van der Waals surface area contributed by atoms with Crippen molar-refractivity contribution in [3.8, 4) is 0 Å². The molecule has 0 unspecified atom stereocenters. The number of piperazine rings is 1. The average Bonchev–Trinajstić information content (AvgIpc) is 3.00. The van der Waals surface area contributed by atoms with Crippen LogP contribution >= 0.6 is 0 Å². The Hall–Kier alpha value is -2.37. The number of fused-ring (bicyclic) bond motifs is 1. The van der Waals surface area contributed by atoms with Gasteiger partial charge in [-0.05, 0) is 23.6 Å². The number of hydrogen-bond acceptors (Lipinski definition) is 4. The van der Waals surface area contributed by atoms with Crippen LogP contribution in [0.4, 0.5) is 0 Å². The summed E-state index contributed by atoms with van der Waals surface area (Å²) in [5.41, 5.74) is 1.92. The summed E-state index contributed by atoms with van der Waals surface area (Å²) >= 11 is 0. The molecule has 0 atom stereocenters. The lowest BCUT2D eigenvalue weighted by atomic mass is 9.91. The molecule has 0 radical (unpaired) electrons. The Balaban J connectivity index is 1.61. The molecule has 1 saturated heterocycles. The molecule has 6 nitrogen and oxygen atoms in total. The Bertz CT molecular complexity index is 752. The highest BCUT2D eigenvalue weighted by atomic mass is 16.3. The van der Waals surface area contributed by atoms with Crippen LogP contribution in [0.1, 0.15) is 37.6 Å². The van der Waals surface area contributed by atoms with E-state index < -0.39 is 0 Å². The van der Waals surface area contributed by atoms with E-state index >= 15 is 0 Å². The predicted molar refractivity (Wildman–Crippen MR) is 90.6 cm³/mol. The highest BCUT2D eigenvalue weighted by molar-refractivity contribution is 5.97. The summed E-state index contributed by atoms with van der Waals surface area (Å²) in [5, 5.41) is 0. The number of rotatable bonds is 2. The largest absolute Gasteiger partial charge is 0.443 e. The number of amides is 2. The van der Waals surface area contributed by atoms with Crippen LogP contribution < -0.4 is 0 Å². The molecule has 1 aliphatic heterocycles. The number of aromatic nitrogens is 1. The van der Waals surface area contributed by atoms with Gasteiger partial charge in [0.25, 0.3) is 5.91 Å². The molecule has 128 valence electrons. The monoisotopic (exact) mass is 329 g/mol. The Morgan fingerprint density at radius 3 is 2.46 bits per heavy atom. The van der Waals surface area contributed by atoms with Gasteiger partial charge >= 0.3 is 0 Å². The molecule has 0 bridgehead atoms. The third-order valence-electron chi connectivity index (χ3n) is 4.18. The third-order valence-corrected chi connectivity index (χ3v) is 4.18. The molecule has 1 fully saturated rings. The predicted octanol–water partition coefficient (Wildman–Crippen LogP) is 2.55. The van der Waals surface area contributed by atoms with Crippen LogP contribution in [-0.4, -0.2) is 52.8 Å². The van der Waals surface area contributed by atoms with Crippen LogP contribution in [0.3, 0.4) is 0 Å². The van der Waals surface area contributed by atoms with Crippen LogP contribution in [0, 0.1) is 5.41 Å². The molecule has 2 aromatic rings. The Kier molecular flexibility index (Phi) is 4.30. The van der Waals surface area contributed by atoms with Crippen LogP contribution in [0.15, 0.2) is 29.0 Å². The molecule has 0 saturated carbocycles. The van der Waals surface area contributed by atoms with Gasteiger partial charge < -0.3 is 14.2 Å². The first-order valence-electron chi connectivity index (χ1n) is 8.24. The third kappa shape index (κ3) is 3.58. The maximum atomic E-state index is 12.6. The van der Waals surface area contributed by atoms with E-state index in [0.29, 0.717) is 43.7 Å². The molecule has 0 spiro atoms. The molecular weight excluding hydrogens is 306 g/mol. The number of oxazole rings is 1. The SMILES string of the molecule is CC(C)(C)CC(=O)N1CCN(C(=O)c2ccc3ncoc3c2)CC1. The zero-order chi connectivity index (χ0) is 17.3. The van der Waals surface area contributed by atoms with Crippen molar-refractivity contribution in [2.45, 2.75) is 27.2 Å². The van der Waals surface area contributed by atoms with Gasteiger partial charge in [0.1, 0.15) is 5.52 Å². The second-order valence-electron chi connectivity index (χ2n) is 7.45. The van der Waals surface area contributed by atoms with Gasteiger partial charge in [0.2, 0.25) is 5.91 Å². The van der Waals surface area contributed by atoms with E-state index in [0.717, 1.165) is 5.52 Å². The second kappa shape index (κ2) is 6.26. The van der Waals surface area contributed by atoms with E-state index in [4.69, 9.17) is 4.42 Å². The summed E-state index contributed by atoms with van der Waals surface area (Å²) in [7, 11) is 0. The summed E-state index contributed by atoms with van der Waals surface area (Å²) < 4.78 is 5.26. The molecule has 2 amide bonds. The van der Waals surface area contributed by atoms with Gasteiger partial charge in [0.15, 0.2) is 12.0 Å². The molecule has 0 aliphatic carbocycles. The van der Waals surface area contributed by atoms with E-state index in [1.54, 1.807) is 23.1 Å². The molecule has 6 heteroatoms. The molecule has 3 rings (SSSR count). The van der Waals surface area contributed by atoms with Gasteiger partial charge in [-0.3, -0.25) is 9.59 Å². The number of hydrogen-bond donors (Lipinski definition) is 0. The smallest absolute Gasteiger partial charge is 0.254 e. The van der Waals surface area contributed by atoms with Crippen LogP contribution in [0.5, 0.6) is 0 Å². The van der Waals surface area contributed by atoms with E-state index in [-0.39, 0.29) is 17.2 Å². The molecule has 2 heterocycles. The summed E-state index contributed by atoms with van der Waals surface area (Å²) in [6, 6.07) is 5.28. The van der Waals surface area contributed by atoms with E-state index in [2.05, 4.69) is 25.8 Å². The molecule has 1 aromatic heterocycles. The minimum Gasteiger partial charge on any atom is -0.443 e. The Morgan fingerprint density at radius 1 is 1.12 bits per heavy atom. The van der Waals surface area contributed by atoms with Gasteiger partial charge in [0.05, 0.1) is 0 Å². The minimum absolute atomic E-state index is 0.0173. The zero-order valence-electron chi connectivity index (χ0n) is 14.4. The van der Waals surface area contributed by atoms with E-state index in [1.165, 1.54) is 6.39 Å². The summed E-state index contributed by atoms with van der Waals surface area (Å²) in [5.74, 6) is 0.133. The quantitative estimate of drug-likeness (QED) is 0.849. The highest BCUT2D eigenvalue weighted by Crippen LogP contribution is 2.21. The summed E-state index contributed by atoms with van der Waals surface area (Å²) in [4.78, 5) is 32.6. The highest BCUT2D eigenvalue weighted by Gasteiger charge is 2.27. The van der Waals surface area contributed by atoms with Gasteiger partial charge in [-0.15, -0.1) is 0 Å². The molecule has 0 N–H and O–H groups in total. The molecular formula is C18H23N3O3. The zero-order valence-corrected chi connectivity index (χ0v) is 14.4. The first kappa shape index (κ1) is 16.5. The van der Waals surface area contributed by atoms with Crippen molar-refractivity contribution in [1.29, 1.82) is 0 Å². The minimum atomic E-state index is -0.0313. The summed E-state index contributed by atoms with van der Waals surface area (Å²) in [6.07, 6.45) is 1.90. The number of nitrogens with zero attached hydrogens (tertiary/aromatic N) is 3. The number of carbonyl (C=O) groups excluding carboxylic acids is 2. The lowest BCUT2D eigenvalue weighted by Gasteiger charge is -2.36. The normalized spacial score (nSPS) is 15.8. The van der Waals surface area contributed by atoms with Crippen molar-refractivity contribution in [2.24, 2.45) is 5.41 Å². The lowest BCUT2D eigenvalue weighted by Crippen LogP contribution is -2.51. The van der Waals surface area contributed by atoms with Crippen LogP contribution in [-0.2, 0) is 4.79 Å². The van der Waals surface area contributed by atoms with E-state index in [9.17, 15) is 9.59 Å². The van der Waals surface area contributed by atoms with Crippen molar-refractivity contribution in [3.05, 3.63) is 30.2 Å². The Morgan fingerprint density at radius 2 is 1.79 bits per heavy atom. The van der Waals surface area contributed by atoms with Crippen molar-refractivity contribution < 1.29 is 14.0 Å². The van der Waals surface area contributed by atoms with Crippen molar-refractivity contribution in [1.82, 2.24) is 14.8 Å². The second-order valence-corrected chi connectivity index (χ2v) is 7.45. The lowest BCUT2D eigenvalue weighted by molar-refractivity contribution is -0.134. The van der Waals surface area contributed by atoms with Crippen molar-refractivity contribution >= 4 is 22.9 Å². The average molecular weight is 329 g/mol. The first-order chi connectivity index (χ1) is 11.3. The fourth-order valence-corrected chi connectivity index (χ4v) is 2.90. The van der Waals surface area contributed by atoms with Crippen LogP contribution in [0.25, 0.3) is 11.1 Å². The number of carbonyl (C=O) groups is 2. The molecule has 1 aromatic carbocycles. The first-order valence-corrected chi connectivity index (χ1v) is 8.24. The topological polar surface area (TPSA) is 66.7 Å². The fraction of sp³-hybridized carbons (Fsp3) is 0.500. The molecule has 24 heavy (non-hydrogen) atoms. The number of benzene rings is 1. The van der Waals surface area contributed by atoms with E-state index in [1.807, 2.05) is 4.90 Å². The standard InChI is InChI=1S/C18H23N3O3/c1-18(2,3)11-16(22)20-6-8-21(9-7-20)17(23)13-4-5-14-15(10-13)24-12-19-14/h4-5,10,12H,6-9,11H2,1-3H3. The summed E-state index contributed by atoms with van der Waals surface area (Å²) in [6.45, 7) is 8.47. The Labute approximate surface area is 141 Å². The van der Waals surface area contributed by atoms with Gasteiger partial charge in [-0.25, -0.2) is 4.98 Å². The van der Waals surface area contributed by atoms with Crippen LogP contribution in [0.2, 0.25) is 0 Å². The van der Waals surface area contributed by atoms with Gasteiger partial charge in [-0.2, -0.15) is 0 Å². The van der Waals surface area contributed by atoms with Crippen molar-refractivity contribution in [2.75, 3.05) is 26.2 Å². The maximum absolute atomic E-state index is 12.6. The fourth-order valence-electron chi connectivity index (χ4n) is 2.90.